The molecule has 0 aliphatic rings. The Kier molecular flexibility index (Phi) is 5.23. The van der Waals surface area contributed by atoms with Crippen molar-refractivity contribution in [2.24, 2.45) is 0 Å². The quantitative estimate of drug-likeness (QED) is 0.690. The first-order chi connectivity index (χ1) is 12.9. The highest BCUT2D eigenvalue weighted by Crippen LogP contribution is 2.27. The molecule has 0 aliphatic heterocycles. The van der Waals surface area contributed by atoms with Gasteiger partial charge >= 0.3 is 0 Å². The fourth-order valence-corrected chi connectivity index (χ4v) is 2.98. The molecule has 27 heavy (non-hydrogen) atoms. The third kappa shape index (κ3) is 3.68. The molecule has 7 heteroatoms. The van der Waals surface area contributed by atoms with Gasteiger partial charge in [0.15, 0.2) is 22.8 Å². The van der Waals surface area contributed by atoms with Gasteiger partial charge in [-0.2, -0.15) is 0 Å². The van der Waals surface area contributed by atoms with Gasteiger partial charge in [-0.15, -0.1) is 0 Å². The number of anilines is 1. The van der Waals surface area contributed by atoms with E-state index in [1.807, 2.05) is 25.3 Å². The van der Waals surface area contributed by atoms with E-state index in [9.17, 15) is 9.50 Å². The Morgan fingerprint density at radius 2 is 1.93 bits per heavy atom. The Morgan fingerprint density at radius 3 is 2.56 bits per heavy atom. The van der Waals surface area contributed by atoms with Crippen LogP contribution >= 0.6 is 0 Å². The molecule has 0 saturated carbocycles. The molecule has 0 fully saturated rings. The molecule has 0 atom stereocenters. The molecule has 1 aromatic carbocycles. The molecule has 0 spiro atoms. The number of halogens is 1. The largest absolute Gasteiger partial charge is 0.386 e. The van der Waals surface area contributed by atoms with Crippen molar-refractivity contribution < 1.29 is 9.50 Å². The molecule has 0 amide bonds. The van der Waals surface area contributed by atoms with Crippen molar-refractivity contribution in [2.75, 3.05) is 5.73 Å². The van der Waals surface area contributed by atoms with E-state index in [2.05, 4.69) is 15.0 Å². The smallest absolute Gasteiger partial charge is 0.166 e. The molecule has 2 heterocycles. The summed E-state index contributed by atoms with van der Waals surface area (Å²) < 4.78 is 15.5. The van der Waals surface area contributed by atoms with Gasteiger partial charge in [0, 0.05) is 12.1 Å². The van der Waals surface area contributed by atoms with E-state index in [0.29, 0.717) is 47.8 Å². The van der Waals surface area contributed by atoms with Gasteiger partial charge < -0.3 is 15.4 Å². The number of nitrogens with zero attached hydrogens (tertiary/aromatic N) is 4. The minimum atomic E-state index is -0.898. The van der Waals surface area contributed by atoms with Crippen molar-refractivity contribution in [1.82, 2.24) is 19.5 Å². The highest BCUT2D eigenvalue weighted by Gasteiger charge is 2.19. The lowest BCUT2D eigenvalue weighted by Gasteiger charge is -2.20. The van der Waals surface area contributed by atoms with Gasteiger partial charge in [-0.1, -0.05) is 26.0 Å². The van der Waals surface area contributed by atoms with Gasteiger partial charge in [0.1, 0.15) is 11.6 Å². The third-order valence-corrected chi connectivity index (χ3v) is 4.81. The van der Waals surface area contributed by atoms with E-state index in [-0.39, 0.29) is 11.6 Å². The highest BCUT2D eigenvalue weighted by molar-refractivity contribution is 5.86. The fourth-order valence-electron chi connectivity index (χ4n) is 2.98. The highest BCUT2D eigenvalue weighted by atomic mass is 19.1. The number of benzene rings is 1. The van der Waals surface area contributed by atoms with Crippen LogP contribution in [0.5, 0.6) is 0 Å². The predicted molar refractivity (Wildman–Crippen MR) is 105 cm³/mol. The van der Waals surface area contributed by atoms with Gasteiger partial charge in [0.2, 0.25) is 0 Å². The van der Waals surface area contributed by atoms with Crippen molar-refractivity contribution in [2.45, 2.75) is 45.8 Å². The molecule has 142 valence electrons. The predicted octanol–water partition coefficient (Wildman–Crippen LogP) is 3.80. The first-order valence-corrected chi connectivity index (χ1v) is 9.12. The normalized spacial score (nSPS) is 12.3. The number of fused-ring (bicyclic) bond motifs is 1. The van der Waals surface area contributed by atoms with Gasteiger partial charge in [0.05, 0.1) is 5.60 Å². The summed E-state index contributed by atoms with van der Waals surface area (Å²) in [5.74, 6) is 0.915. The average Bonchev–Trinajstić information content (AvgIpc) is 3.05. The molecular weight excluding hydrogens is 345 g/mol. The van der Waals surface area contributed by atoms with Crippen molar-refractivity contribution in [3.63, 3.8) is 0 Å². The number of aromatic nitrogens is 4. The van der Waals surface area contributed by atoms with Crippen LogP contribution in [0.15, 0.2) is 30.3 Å². The summed E-state index contributed by atoms with van der Waals surface area (Å²) in [4.78, 5) is 13.4. The van der Waals surface area contributed by atoms with E-state index in [1.54, 1.807) is 24.3 Å². The summed E-state index contributed by atoms with van der Waals surface area (Å²) in [6.45, 7) is 6.40. The number of hydrogen-bond acceptors (Lipinski definition) is 5. The molecule has 3 rings (SSSR count). The Labute approximate surface area is 157 Å². The van der Waals surface area contributed by atoms with Crippen molar-refractivity contribution in [3.05, 3.63) is 42.0 Å². The number of imidazole rings is 1. The molecule has 2 aromatic heterocycles. The molecule has 0 bridgehead atoms. The van der Waals surface area contributed by atoms with Gasteiger partial charge in [-0.05, 0) is 44.1 Å². The maximum Gasteiger partial charge on any atom is 0.166 e. The molecule has 3 N–H and O–H groups in total. The average molecular weight is 369 g/mol. The van der Waals surface area contributed by atoms with Crippen LogP contribution in [0.1, 0.15) is 39.4 Å². The van der Waals surface area contributed by atoms with E-state index in [4.69, 9.17) is 5.73 Å². The van der Waals surface area contributed by atoms with Crippen molar-refractivity contribution in [3.8, 4) is 11.4 Å². The standard InChI is InChI=1S/C20H24FN5O/c1-4-20(27,5-2)11-10-15-23-17(22)16-19(24-15)26(6-3)18(25-16)13-8-7-9-14(21)12-13/h7-12,27H,4-6H2,1-3H3,(H2,22,23,24). The fraction of sp³-hybridized carbons (Fsp3) is 0.350. The van der Waals surface area contributed by atoms with E-state index < -0.39 is 5.60 Å². The Morgan fingerprint density at radius 1 is 1.19 bits per heavy atom. The van der Waals surface area contributed by atoms with Crippen LogP contribution in [-0.4, -0.2) is 30.2 Å². The van der Waals surface area contributed by atoms with Crippen LogP contribution in [0.2, 0.25) is 0 Å². The number of rotatable bonds is 6. The first-order valence-electron chi connectivity index (χ1n) is 9.12. The van der Waals surface area contributed by atoms with Gasteiger partial charge in [-0.25, -0.2) is 19.3 Å². The maximum absolute atomic E-state index is 13.6. The molecule has 0 unspecified atom stereocenters. The second-order valence-corrected chi connectivity index (χ2v) is 6.47. The summed E-state index contributed by atoms with van der Waals surface area (Å²) in [6.07, 6.45) is 4.56. The number of nitrogen functional groups attached to an aromatic ring is 1. The summed E-state index contributed by atoms with van der Waals surface area (Å²) in [5.41, 5.74) is 6.93. The Balaban J connectivity index is 2.13. The number of aliphatic hydroxyl groups is 1. The van der Waals surface area contributed by atoms with Crippen LogP contribution in [0.3, 0.4) is 0 Å². The summed E-state index contributed by atoms with van der Waals surface area (Å²) in [7, 11) is 0. The van der Waals surface area contributed by atoms with Gasteiger partial charge in [-0.3, -0.25) is 0 Å². The van der Waals surface area contributed by atoms with Crippen LogP contribution in [0.25, 0.3) is 28.6 Å². The maximum atomic E-state index is 13.6. The molecule has 3 aromatic rings. The van der Waals surface area contributed by atoms with E-state index in [0.717, 1.165) is 0 Å². The molecule has 0 radical (unpaired) electrons. The summed E-state index contributed by atoms with van der Waals surface area (Å²) in [6, 6.07) is 6.26. The number of hydrogen-bond donors (Lipinski definition) is 2. The number of aryl methyl sites for hydroxylation is 1. The monoisotopic (exact) mass is 369 g/mol. The SMILES string of the molecule is CCn1c(-c2cccc(F)c2)nc2c(N)nc(C=CC(O)(CC)CC)nc21. The van der Waals surface area contributed by atoms with Crippen molar-refractivity contribution in [1.29, 1.82) is 0 Å². The molecular formula is C20H24FN5O. The lowest BCUT2D eigenvalue weighted by molar-refractivity contribution is 0.0836. The van der Waals surface area contributed by atoms with Crippen LogP contribution in [-0.2, 0) is 6.54 Å². The lowest BCUT2D eigenvalue weighted by atomic mass is 9.97. The Hall–Kier alpha value is -2.80. The summed E-state index contributed by atoms with van der Waals surface area (Å²) >= 11 is 0. The first kappa shape index (κ1) is 19.0. The summed E-state index contributed by atoms with van der Waals surface area (Å²) in [5, 5.41) is 10.4. The third-order valence-electron chi connectivity index (χ3n) is 4.81. The van der Waals surface area contributed by atoms with Crippen LogP contribution in [0.4, 0.5) is 10.2 Å². The molecule has 0 aliphatic carbocycles. The minimum absolute atomic E-state index is 0.251. The molecule has 0 saturated heterocycles. The zero-order valence-electron chi connectivity index (χ0n) is 15.8. The van der Waals surface area contributed by atoms with Crippen molar-refractivity contribution >= 4 is 23.1 Å². The zero-order chi connectivity index (χ0) is 19.6. The number of nitrogens with two attached hydrogens (primary N) is 1. The zero-order valence-corrected chi connectivity index (χ0v) is 15.8. The second kappa shape index (κ2) is 7.44. The second-order valence-electron chi connectivity index (χ2n) is 6.47. The van der Waals surface area contributed by atoms with Crippen LogP contribution < -0.4 is 5.73 Å². The van der Waals surface area contributed by atoms with Crippen LogP contribution in [0, 0.1) is 5.82 Å². The molecule has 6 nitrogen and oxygen atoms in total. The Bertz CT molecular complexity index is 991. The van der Waals surface area contributed by atoms with Gasteiger partial charge in [0.25, 0.3) is 0 Å². The lowest BCUT2D eigenvalue weighted by Crippen LogP contribution is -2.22. The topological polar surface area (TPSA) is 89.9 Å². The minimum Gasteiger partial charge on any atom is -0.386 e. The van der Waals surface area contributed by atoms with E-state index >= 15 is 0 Å². The van der Waals surface area contributed by atoms with E-state index in [1.165, 1.54) is 12.1 Å².